The Morgan fingerprint density at radius 2 is 1.81 bits per heavy atom. The van der Waals surface area contributed by atoms with Crippen LogP contribution in [0.5, 0.6) is 0 Å². The molecular formula is C20H25FN4O2. The average molecular weight is 372 g/mol. The van der Waals surface area contributed by atoms with E-state index in [-0.39, 0.29) is 11.1 Å². The van der Waals surface area contributed by atoms with Crippen LogP contribution >= 0.6 is 0 Å². The van der Waals surface area contributed by atoms with E-state index in [1.54, 1.807) is 24.4 Å². The van der Waals surface area contributed by atoms with Crippen molar-refractivity contribution in [1.29, 1.82) is 0 Å². The maximum atomic E-state index is 14.6. The summed E-state index contributed by atoms with van der Waals surface area (Å²) in [5, 5.41) is 2.71. The predicted octanol–water partition coefficient (Wildman–Crippen LogP) is 2.40. The lowest BCUT2D eigenvalue weighted by Crippen LogP contribution is -2.46. The fourth-order valence-corrected chi connectivity index (χ4v) is 3.27. The first-order chi connectivity index (χ1) is 13.0. The van der Waals surface area contributed by atoms with Crippen LogP contribution in [0.25, 0.3) is 0 Å². The second-order valence-electron chi connectivity index (χ2n) is 6.58. The van der Waals surface area contributed by atoms with Gasteiger partial charge in [-0.25, -0.2) is 4.39 Å². The van der Waals surface area contributed by atoms with E-state index in [0.29, 0.717) is 17.9 Å². The standard InChI is InChI=1S/C20H25FN4O2/c1-3-23-9-11-25(12-10-23)18-7-5-15(13-17(18)21)20(27)22-16-6-8-19(26)24(4-2)14-16/h5-8,13-14H,3-4,9-12H2,1-2H3,(H,22,27). The molecule has 1 amide bonds. The van der Waals surface area contributed by atoms with Gasteiger partial charge in [0.25, 0.3) is 11.5 Å². The number of nitrogens with zero attached hydrogens (tertiary/aromatic N) is 3. The molecule has 0 unspecified atom stereocenters. The van der Waals surface area contributed by atoms with Gasteiger partial charge in [0.1, 0.15) is 5.82 Å². The van der Waals surface area contributed by atoms with E-state index >= 15 is 0 Å². The first-order valence-corrected chi connectivity index (χ1v) is 9.30. The summed E-state index contributed by atoms with van der Waals surface area (Å²) in [7, 11) is 0. The average Bonchev–Trinajstić information content (AvgIpc) is 2.69. The highest BCUT2D eigenvalue weighted by molar-refractivity contribution is 6.04. The first kappa shape index (κ1) is 19.1. The number of likely N-dealkylation sites (N-methyl/N-ethyl adjacent to an activating group) is 1. The number of aromatic nitrogens is 1. The molecule has 0 bridgehead atoms. The quantitative estimate of drug-likeness (QED) is 0.876. The lowest BCUT2D eigenvalue weighted by atomic mass is 10.1. The van der Waals surface area contributed by atoms with Gasteiger partial charge in [-0.2, -0.15) is 0 Å². The second-order valence-corrected chi connectivity index (χ2v) is 6.58. The summed E-state index contributed by atoms with van der Waals surface area (Å²) < 4.78 is 16.1. The molecule has 3 rings (SSSR count). The van der Waals surface area contributed by atoms with E-state index in [4.69, 9.17) is 0 Å². The Kier molecular flexibility index (Phi) is 5.91. The Labute approximate surface area is 158 Å². The summed E-state index contributed by atoms with van der Waals surface area (Å²) in [6, 6.07) is 7.52. The van der Waals surface area contributed by atoms with Crippen LogP contribution in [0, 0.1) is 5.82 Å². The minimum atomic E-state index is -0.405. The number of pyridine rings is 1. The highest BCUT2D eigenvalue weighted by Gasteiger charge is 2.19. The number of carbonyl (C=O) groups is 1. The summed E-state index contributed by atoms with van der Waals surface area (Å²) in [6.07, 6.45) is 1.58. The number of rotatable bonds is 5. The van der Waals surface area contributed by atoms with Gasteiger partial charge >= 0.3 is 0 Å². The molecule has 1 aromatic heterocycles. The van der Waals surface area contributed by atoms with Gasteiger partial charge in [-0.15, -0.1) is 0 Å². The van der Waals surface area contributed by atoms with E-state index in [0.717, 1.165) is 32.7 Å². The van der Waals surface area contributed by atoms with Gasteiger partial charge in [-0.3, -0.25) is 9.59 Å². The molecule has 2 aromatic rings. The molecular weight excluding hydrogens is 347 g/mol. The number of nitrogens with one attached hydrogen (secondary N) is 1. The summed E-state index contributed by atoms with van der Waals surface area (Å²) in [4.78, 5) is 28.4. The molecule has 6 nitrogen and oxygen atoms in total. The van der Waals surface area contributed by atoms with Crippen molar-refractivity contribution in [2.45, 2.75) is 20.4 Å². The van der Waals surface area contributed by atoms with Crippen LogP contribution in [0.1, 0.15) is 24.2 Å². The largest absolute Gasteiger partial charge is 0.367 e. The Hall–Kier alpha value is -2.67. The molecule has 1 aliphatic rings. The van der Waals surface area contributed by atoms with Crippen molar-refractivity contribution in [2.75, 3.05) is 42.9 Å². The van der Waals surface area contributed by atoms with Gasteiger partial charge in [0.15, 0.2) is 0 Å². The van der Waals surface area contributed by atoms with Crippen LogP contribution in [0.3, 0.4) is 0 Å². The highest BCUT2D eigenvalue weighted by atomic mass is 19.1. The molecule has 0 aliphatic carbocycles. The van der Waals surface area contributed by atoms with E-state index in [9.17, 15) is 14.0 Å². The fraction of sp³-hybridized carbons (Fsp3) is 0.400. The van der Waals surface area contributed by atoms with Crippen molar-refractivity contribution in [2.24, 2.45) is 0 Å². The molecule has 144 valence electrons. The van der Waals surface area contributed by atoms with E-state index in [1.165, 1.54) is 16.7 Å². The van der Waals surface area contributed by atoms with Crippen LogP contribution in [0.2, 0.25) is 0 Å². The Morgan fingerprint density at radius 3 is 2.44 bits per heavy atom. The zero-order chi connectivity index (χ0) is 19.4. The molecule has 27 heavy (non-hydrogen) atoms. The number of benzene rings is 1. The van der Waals surface area contributed by atoms with E-state index in [2.05, 4.69) is 17.1 Å². The highest BCUT2D eigenvalue weighted by Crippen LogP contribution is 2.22. The van der Waals surface area contributed by atoms with Crippen LogP contribution < -0.4 is 15.8 Å². The third kappa shape index (κ3) is 4.36. The van der Waals surface area contributed by atoms with Gasteiger partial charge in [0.2, 0.25) is 0 Å². The number of hydrogen-bond acceptors (Lipinski definition) is 4. The zero-order valence-corrected chi connectivity index (χ0v) is 15.7. The molecule has 0 radical (unpaired) electrons. The minimum absolute atomic E-state index is 0.130. The van der Waals surface area contributed by atoms with Crippen LogP contribution in [-0.2, 0) is 6.54 Å². The molecule has 0 atom stereocenters. The molecule has 1 aromatic carbocycles. The molecule has 0 saturated carbocycles. The summed E-state index contributed by atoms with van der Waals surface area (Å²) in [6.45, 7) is 8.84. The lowest BCUT2D eigenvalue weighted by Gasteiger charge is -2.35. The number of halogens is 1. The van der Waals surface area contributed by atoms with Crippen LogP contribution in [0.4, 0.5) is 15.8 Å². The molecule has 7 heteroatoms. The Balaban J connectivity index is 1.71. The summed E-state index contributed by atoms with van der Waals surface area (Å²) in [5.41, 5.74) is 1.15. The first-order valence-electron chi connectivity index (χ1n) is 9.30. The van der Waals surface area contributed by atoms with Gasteiger partial charge in [-0.05, 0) is 37.7 Å². The maximum absolute atomic E-state index is 14.6. The topological polar surface area (TPSA) is 57.6 Å². The van der Waals surface area contributed by atoms with Crippen molar-refractivity contribution >= 4 is 17.3 Å². The monoisotopic (exact) mass is 372 g/mol. The fourth-order valence-electron chi connectivity index (χ4n) is 3.27. The Bertz CT molecular complexity index is 873. The van der Waals surface area contributed by atoms with Crippen molar-refractivity contribution in [3.05, 3.63) is 58.3 Å². The molecule has 1 N–H and O–H groups in total. The minimum Gasteiger partial charge on any atom is -0.367 e. The summed E-state index contributed by atoms with van der Waals surface area (Å²) in [5.74, 6) is -0.802. The lowest BCUT2D eigenvalue weighted by molar-refractivity contribution is 0.102. The van der Waals surface area contributed by atoms with Crippen molar-refractivity contribution < 1.29 is 9.18 Å². The van der Waals surface area contributed by atoms with Gasteiger partial charge in [0.05, 0.1) is 11.4 Å². The van der Waals surface area contributed by atoms with Crippen molar-refractivity contribution in [3.63, 3.8) is 0 Å². The predicted molar refractivity (Wildman–Crippen MR) is 105 cm³/mol. The number of aryl methyl sites for hydroxylation is 1. The number of amides is 1. The normalized spacial score (nSPS) is 15.0. The van der Waals surface area contributed by atoms with Crippen LogP contribution in [0.15, 0.2) is 41.3 Å². The van der Waals surface area contributed by atoms with Crippen molar-refractivity contribution in [1.82, 2.24) is 9.47 Å². The Morgan fingerprint density at radius 1 is 1.07 bits per heavy atom. The van der Waals surface area contributed by atoms with E-state index < -0.39 is 11.7 Å². The second kappa shape index (κ2) is 8.35. The van der Waals surface area contributed by atoms with E-state index in [1.807, 2.05) is 11.8 Å². The number of anilines is 2. The molecule has 1 fully saturated rings. The summed E-state index contributed by atoms with van der Waals surface area (Å²) >= 11 is 0. The smallest absolute Gasteiger partial charge is 0.255 e. The third-order valence-corrected chi connectivity index (χ3v) is 4.95. The van der Waals surface area contributed by atoms with Gasteiger partial charge in [-0.1, -0.05) is 6.92 Å². The number of carbonyl (C=O) groups excluding carboxylic acids is 1. The number of hydrogen-bond donors (Lipinski definition) is 1. The molecule has 0 spiro atoms. The molecule has 1 saturated heterocycles. The zero-order valence-electron chi connectivity index (χ0n) is 15.7. The maximum Gasteiger partial charge on any atom is 0.255 e. The third-order valence-electron chi connectivity index (χ3n) is 4.95. The van der Waals surface area contributed by atoms with Crippen molar-refractivity contribution in [3.8, 4) is 0 Å². The van der Waals surface area contributed by atoms with Gasteiger partial charge < -0.3 is 19.7 Å². The number of piperazine rings is 1. The van der Waals surface area contributed by atoms with Crippen LogP contribution in [-0.4, -0.2) is 48.1 Å². The molecule has 1 aliphatic heterocycles. The molecule has 2 heterocycles. The van der Waals surface area contributed by atoms with Gasteiger partial charge in [0, 0.05) is 50.6 Å². The SMILES string of the molecule is CCN1CCN(c2ccc(C(=O)Nc3ccc(=O)n(CC)c3)cc2F)CC1.